The van der Waals surface area contributed by atoms with Crippen LogP contribution >= 0.6 is 15.9 Å². The normalized spacial score (nSPS) is 17.2. The number of halogens is 1. The lowest BCUT2D eigenvalue weighted by molar-refractivity contribution is 0.370. The van der Waals surface area contributed by atoms with Gasteiger partial charge in [0.1, 0.15) is 0 Å². The summed E-state index contributed by atoms with van der Waals surface area (Å²) in [6, 6.07) is 3.70. The van der Waals surface area contributed by atoms with E-state index in [-0.39, 0.29) is 11.8 Å². The summed E-state index contributed by atoms with van der Waals surface area (Å²) in [7, 11) is 1.54. The number of hydrogen-bond donors (Lipinski definition) is 2. The zero-order valence-corrected chi connectivity index (χ0v) is 10.8. The highest BCUT2D eigenvalue weighted by molar-refractivity contribution is 9.10. The van der Waals surface area contributed by atoms with E-state index in [1.165, 1.54) is 20.0 Å². The second-order valence-electron chi connectivity index (χ2n) is 4.34. The van der Waals surface area contributed by atoms with Crippen molar-refractivity contribution >= 4 is 15.9 Å². The fourth-order valence-corrected chi connectivity index (χ4v) is 2.27. The Kier molecular flexibility index (Phi) is 3.40. The van der Waals surface area contributed by atoms with Crippen LogP contribution in [-0.2, 0) is 0 Å². The first-order valence-corrected chi connectivity index (χ1v) is 6.23. The van der Waals surface area contributed by atoms with Crippen LogP contribution in [0.5, 0.6) is 11.5 Å². The molecule has 16 heavy (non-hydrogen) atoms. The topological polar surface area (TPSA) is 55.5 Å². The molecule has 4 heteroatoms. The third-order valence-corrected chi connectivity index (χ3v) is 3.59. The number of methoxy groups -OCH3 is 1. The minimum Gasteiger partial charge on any atom is -0.503 e. The highest BCUT2D eigenvalue weighted by atomic mass is 79.9. The molecule has 1 aliphatic rings. The summed E-state index contributed by atoms with van der Waals surface area (Å²) in [5, 5.41) is 9.69. The molecule has 0 aromatic heterocycles. The van der Waals surface area contributed by atoms with Gasteiger partial charge in [0.2, 0.25) is 0 Å². The Morgan fingerprint density at radius 3 is 2.81 bits per heavy atom. The van der Waals surface area contributed by atoms with Crippen LogP contribution in [0.4, 0.5) is 0 Å². The van der Waals surface area contributed by atoms with Gasteiger partial charge in [-0.1, -0.05) is 12.8 Å². The molecule has 88 valence electrons. The molecule has 0 heterocycles. The van der Waals surface area contributed by atoms with Gasteiger partial charge in [-0.25, -0.2) is 0 Å². The number of phenols is 1. The van der Waals surface area contributed by atoms with E-state index < -0.39 is 0 Å². The zero-order valence-electron chi connectivity index (χ0n) is 9.24. The van der Waals surface area contributed by atoms with Crippen LogP contribution in [0.3, 0.4) is 0 Å². The highest BCUT2D eigenvalue weighted by Crippen LogP contribution is 2.40. The maximum absolute atomic E-state index is 9.69. The minimum absolute atomic E-state index is 0.0262. The molecule has 0 saturated heterocycles. The minimum atomic E-state index is 0.0262. The van der Waals surface area contributed by atoms with Crippen LogP contribution in [0, 0.1) is 5.92 Å². The molecule has 2 rings (SSSR count). The van der Waals surface area contributed by atoms with Gasteiger partial charge < -0.3 is 15.6 Å². The summed E-state index contributed by atoms with van der Waals surface area (Å²) in [5.74, 6) is 1.38. The summed E-state index contributed by atoms with van der Waals surface area (Å²) < 4.78 is 5.73. The summed E-state index contributed by atoms with van der Waals surface area (Å²) in [5.41, 5.74) is 7.13. The van der Waals surface area contributed by atoms with E-state index in [2.05, 4.69) is 15.9 Å². The number of benzene rings is 1. The molecule has 1 aliphatic carbocycles. The molecule has 3 N–H and O–H groups in total. The Labute approximate surface area is 104 Å². The Balaban J connectivity index is 2.22. The van der Waals surface area contributed by atoms with Gasteiger partial charge in [0.15, 0.2) is 11.5 Å². The van der Waals surface area contributed by atoms with Crippen molar-refractivity contribution < 1.29 is 9.84 Å². The number of hydrogen-bond acceptors (Lipinski definition) is 3. The standard InChI is InChI=1S/C12H16BrNO2/c1-16-11-6-8(5-9(13)12(11)15)10(14)4-7-2-3-7/h5-7,10,15H,2-4,14H2,1H3/t10-/m1/s1. The molecule has 0 bridgehead atoms. The Hall–Kier alpha value is -0.740. The van der Waals surface area contributed by atoms with Crippen LogP contribution in [-0.4, -0.2) is 12.2 Å². The molecule has 1 atom stereocenters. The van der Waals surface area contributed by atoms with E-state index in [1.54, 1.807) is 0 Å². The summed E-state index contributed by atoms with van der Waals surface area (Å²) in [6.07, 6.45) is 3.61. The van der Waals surface area contributed by atoms with E-state index >= 15 is 0 Å². The molecule has 0 spiro atoms. The van der Waals surface area contributed by atoms with Gasteiger partial charge in [0.05, 0.1) is 11.6 Å². The van der Waals surface area contributed by atoms with Crippen LogP contribution in [0.1, 0.15) is 30.9 Å². The summed E-state index contributed by atoms with van der Waals surface area (Å²) >= 11 is 3.30. The van der Waals surface area contributed by atoms with Gasteiger partial charge in [-0.3, -0.25) is 0 Å². The van der Waals surface area contributed by atoms with Crippen molar-refractivity contribution in [3.8, 4) is 11.5 Å². The lowest BCUT2D eigenvalue weighted by Gasteiger charge is -2.14. The Bertz CT molecular complexity index is 391. The Morgan fingerprint density at radius 1 is 1.56 bits per heavy atom. The molecular formula is C12H16BrNO2. The lowest BCUT2D eigenvalue weighted by Crippen LogP contribution is -2.11. The van der Waals surface area contributed by atoms with Gasteiger partial charge in [-0.15, -0.1) is 0 Å². The van der Waals surface area contributed by atoms with Crippen LogP contribution in [0.2, 0.25) is 0 Å². The van der Waals surface area contributed by atoms with Gasteiger partial charge in [0.25, 0.3) is 0 Å². The smallest absolute Gasteiger partial charge is 0.172 e. The molecule has 0 amide bonds. The number of aromatic hydroxyl groups is 1. The average molecular weight is 286 g/mol. The van der Waals surface area contributed by atoms with E-state index in [9.17, 15) is 5.11 Å². The maximum Gasteiger partial charge on any atom is 0.172 e. The third-order valence-electron chi connectivity index (χ3n) is 2.98. The molecule has 0 unspecified atom stereocenters. The van der Waals surface area contributed by atoms with Crippen LogP contribution in [0.15, 0.2) is 16.6 Å². The Morgan fingerprint density at radius 2 is 2.25 bits per heavy atom. The van der Waals surface area contributed by atoms with Crippen molar-refractivity contribution in [1.82, 2.24) is 0 Å². The first-order chi connectivity index (χ1) is 7.61. The summed E-state index contributed by atoms with van der Waals surface area (Å²) in [4.78, 5) is 0. The number of rotatable bonds is 4. The van der Waals surface area contributed by atoms with Gasteiger partial charge >= 0.3 is 0 Å². The summed E-state index contributed by atoms with van der Waals surface area (Å²) in [6.45, 7) is 0. The molecule has 0 aliphatic heterocycles. The van der Waals surface area contributed by atoms with Crippen molar-refractivity contribution in [2.24, 2.45) is 11.7 Å². The monoisotopic (exact) mass is 285 g/mol. The van der Waals surface area contributed by atoms with E-state index in [0.29, 0.717) is 10.2 Å². The number of phenolic OH excluding ortho intramolecular Hbond substituents is 1. The highest BCUT2D eigenvalue weighted by Gasteiger charge is 2.25. The molecule has 1 aromatic carbocycles. The number of nitrogens with two attached hydrogens (primary N) is 1. The lowest BCUT2D eigenvalue weighted by atomic mass is 10.0. The van der Waals surface area contributed by atoms with Gasteiger partial charge in [-0.2, -0.15) is 0 Å². The maximum atomic E-state index is 9.69. The molecule has 1 saturated carbocycles. The van der Waals surface area contributed by atoms with Crippen molar-refractivity contribution in [2.45, 2.75) is 25.3 Å². The van der Waals surface area contributed by atoms with Crippen molar-refractivity contribution in [3.05, 3.63) is 22.2 Å². The fraction of sp³-hybridized carbons (Fsp3) is 0.500. The molecule has 1 fully saturated rings. The first-order valence-electron chi connectivity index (χ1n) is 5.43. The molecule has 0 radical (unpaired) electrons. The van der Waals surface area contributed by atoms with Crippen LogP contribution < -0.4 is 10.5 Å². The predicted octanol–water partition coefficient (Wildman–Crippen LogP) is 2.96. The second-order valence-corrected chi connectivity index (χ2v) is 5.19. The molecular weight excluding hydrogens is 270 g/mol. The fourth-order valence-electron chi connectivity index (χ4n) is 1.81. The van der Waals surface area contributed by atoms with Gasteiger partial charge in [-0.05, 0) is 46.0 Å². The molecule has 1 aromatic rings. The van der Waals surface area contributed by atoms with Crippen molar-refractivity contribution in [1.29, 1.82) is 0 Å². The van der Waals surface area contributed by atoms with Crippen LogP contribution in [0.25, 0.3) is 0 Å². The third kappa shape index (κ3) is 2.50. The average Bonchev–Trinajstić information content (AvgIpc) is 3.05. The van der Waals surface area contributed by atoms with Crippen molar-refractivity contribution in [2.75, 3.05) is 7.11 Å². The predicted molar refractivity (Wildman–Crippen MR) is 66.6 cm³/mol. The van der Waals surface area contributed by atoms with E-state index in [4.69, 9.17) is 10.5 Å². The van der Waals surface area contributed by atoms with Crippen molar-refractivity contribution in [3.63, 3.8) is 0 Å². The number of ether oxygens (including phenoxy) is 1. The SMILES string of the molecule is COc1cc([C@H](N)CC2CC2)cc(Br)c1O. The largest absolute Gasteiger partial charge is 0.503 e. The van der Waals surface area contributed by atoms with E-state index in [0.717, 1.165) is 17.9 Å². The van der Waals surface area contributed by atoms with Gasteiger partial charge in [0, 0.05) is 6.04 Å². The van der Waals surface area contributed by atoms with E-state index in [1.807, 2.05) is 12.1 Å². The first kappa shape index (κ1) is 11.7. The second kappa shape index (κ2) is 4.63. The zero-order chi connectivity index (χ0) is 11.7. The molecule has 3 nitrogen and oxygen atoms in total. The quantitative estimate of drug-likeness (QED) is 0.894.